The van der Waals surface area contributed by atoms with Gasteiger partial charge in [0.2, 0.25) is 5.95 Å². The van der Waals surface area contributed by atoms with E-state index in [-0.39, 0.29) is 0 Å². The Labute approximate surface area is 141 Å². The monoisotopic (exact) mass is 332 g/mol. The number of aryl methyl sites for hydroxylation is 2. The molecule has 1 N–H and O–H groups in total. The zero-order valence-corrected chi connectivity index (χ0v) is 14.7. The number of nitrogens with one attached hydrogen (secondary N) is 1. The van der Waals surface area contributed by atoms with Crippen molar-refractivity contribution in [3.63, 3.8) is 0 Å². The number of thiazole rings is 1. The van der Waals surface area contributed by atoms with Gasteiger partial charge < -0.3 is 10.2 Å². The molecule has 7 heteroatoms. The van der Waals surface area contributed by atoms with Gasteiger partial charge in [0.05, 0.1) is 17.1 Å². The number of hydrogen-bond donors (Lipinski definition) is 1. The zero-order chi connectivity index (χ0) is 16.1. The smallest absolute Gasteiger partial charge is 0.242 e. The molecule has 0 atom stereocenters. The van der Waals surface area contributed by atoms with Gasteiger partial charge in [0.15, 0.2) is 5.13 Å². The Bertz CT molecular complexity index is 635. The second-order valence-corrected chi connectivity index (χ2v) is 6.56. The molecule has 1 saturated heterocycles. The first-order chi connectivity index (χ1) is 11.3. The van der Waals surface area contributed by atoms with Crippen LogP contribution in [0.5, 0.6) is 0 Å². The molecule has 0 aromatic carbocycles. The lowest BCUT2D eigenvalue weighted by Crippen LogP contribution is -2.17. The molecule has 1 aliphatic heterocycles. The summed E-state index contributed by atoms with van der Waals surface area (Å²) in [5, 5.41) is 15.0. The van der Waals surface area contributed by atoms with E-state index in [0.29, 0.717) is 5.95 Å². The van der Waals surface area contributed by atoms with Crippen LogP contribution in [0.3, 0.4) is 0 Å². The molecule has 6 nitrogen and oxygen atoms in total. The maximum Gasteiger partial charge on any atom is 0.242 e. The summed E-state index contributed by atoms with van der Waals surface area (Å²) >= 11 is 1.75. The summed E-state index contributed by atoms with van der Waals surface area (Å²) in [6.07, 6.45) is 5.22. The highest BCUT2D eigenvalue weighted by atomic mass is 32.1. The van der Waals surface area contributed by atoms with Crippen molar-refractivity contribution in [2.24, 2.45) is 0 Å². The first-order valence-electron chi connectivity index (χ1n) is 8.45. The fourth-order valence-corrected chi connectivity index (χ4v) is 3.69. The van der Waals surface area contributed by atoms with Crippen LogP contribution in [0.15, 0.2) is 5.38 Å². The number of rotatable bonds is 7. The van der Waals surface area contributed by atoms with E-state index in [4.69, 9.17) is 4.98 Å². The minimum atomic E-state index is 0.619. The number of nitrogens with zero attached hydrogens (tertiary/aromatic N) is 5. The fraction of sp³-hybridized carbons (Fsp3) is 0.625. The average molecular weight is 332 g/mol. The van der Waals surface area contributed by atoms with Crippen LogP contribution < -0.4 is 10.2 Å². The molecular weight excluding hydrogens is 308 g/mol. The molecule has 0 aliphatic carbocycles. The Morgan fingerprint density at radius 2 is 1.87 bits per heavy atom. The van der Waals surface area contributed by atoms with E-state index < -0.39 is 0 Å². The van der Waals surface area contributed by atoms with Gasteiger partial charge in [0.1, 0.15) is 0 Å². The minimum absolute atomic E-state index is 0.619. The highest BCUT2D eigenvalue weighted by Crippen LogP contribution is 2.24. The van der Waals surface area contributed by atoms with E-state index in [1.165, 1.54) is 12.8 Å². The van der Waals surface area contributed by atoms with Gasteiger partial charge in [0.25, 0.3) is 0 Å². The van der Waals surface area contributed by atoms with Crippen LogP contribution in [0.25, 0.3) is 0 Å². The van der Waals surface area contributed by atoms with Gasteiger partial charge in [-0.3, -0.25) is 0 Å². The van der Waals surface area contributed by atoms with Crippen LogP contribution in [0.1, 0.15) is 43.8 Å². The van der Waals surface area contributed by atoms with E-state index in [1.54, 1.807) is 11.3 Å². The normalized spacial score (nSPS) is 14.4. The van der Waals surface area contributed by atoms with Crippen molar-refractivity contribution in [2.45, 2.75) is 46.0 Å². The van der Waals surface area contributed by atoms with E-state index in [9.17, 15) is 0 Å². The third kappa shape index (κ3) is 3.96. The van der Waals surface area contributed by atoms with Gasteiger partial charge in [-0.25, -0.2) is 9.97 Å². The lowest BCUT2D eigenvalue weighted by Gasteiger charge is -2.12. The lowest BCUT2D eigenvalue weighted by atomic mass is 10.2. The Hall–Kier alpha value is -1.76. The third-order valence-electron chi connectivity index (χ3n) is 4.09. The SMILES string of the molecule is CCc1nnc(NCCc2csc(N3CCCC3)n2)nc1CC. The van der Waals surface area contributed by atoms with Crippen molar-refractivity contribution in [3.05, 3.63) is 22.5 Å². The molecule has 3 heterocycles. The predicted octanol–water partition coefficient (Wildman–Crippen LogP) is 2.71. The maximum atomic E-state index is 4.73. The Morgan fingerprint density at radius 3 is 2.61 bits per heavy atom. The van der Waals surface area contributed by atoms with Crippen molar-refractivity contribution in [2.75, 3.05) is 29.9 Å². The summed E-state index contributed by atoms with van der Waals surface area (Å²) in [6.45, 7) is 7.25. The number of hydrogen-bond acceptors (Lipinski definition) is 7. The summed E-state index contributed by atoms with van der Waals surface area (Å²) < 4.78 is 0. The summed E-state index contributed by atoms with van der Waals surface area (Å²) in [4.78, 5) is 11.7. The van der Waals surface area contributed by atoms with Gasteiger partial charge in [0, 0.05) is 31.4 Å². The highest BCUT2D eigenvalue weighted by molar-refractivity contribution is 7.13. The van der Waals surface area contributed by atoms with Gasteiger partial charge in [-0.2, -0.15) is 5.10 Å². The van der Waals surface area contributed by atoms with E-state index in [0.717, 1.165) is 61.1 Å². The quantitative estimate of drug-likeness (QED) is 0.841. The van der Waals surface area contributed by atoms with Crippen LogP contribution in [-0.4, -0.2) is 39.8 Å². The number of anilines is 2. The molecule has 1 aliphatic rings. The largest absolute Gasteiger partial charge is 0.353 e. The summed E-state index contributed by atoms with van der Waals surface area (Å²) in [5.41, 5.74) is 3.17. The highest BCUT2D eigenvalue weighted by Gasteiger charge is 2.15. The first kappa shape index (κ1) is 16.1. The van der Waals surface area contributed by atoms with Gasteiger partial charge in [-0.1, -0.05) is 13.8 Å². The van der Waals surface area contributed by atoms with Crippen LogP contribution in [0.2, 0.25) is 0 Å². The van der Waals surface area contributed by atoms with Crippen molar-refractivity contribution in [1.29, 1.82) is 0 Å². The summed E-state index contributed by atoms with van der Waals surface area (Å²) in [7, 11) is 0. The fourth-order valence-electron chi connectivity index (χ4n) is 2.78. The molecule has 124 valence electrons. The second-order valence-electron chi connectivity index (χ2n) is 5.73. The molecule has 0 radical (unpaired) electrons. The first-order valence-corrected chi connectivity index (χ1v) is 9.33. The predicted molar refractivity (Wildman–Crippen MR) is 94.3 cm³/mol. The molecule has 0 spiro atoms. The van der Waals surface area contributed by atoms with Gasteiger partial charge >= 0.3 is 0 Å². The van der Waals surface area contributed by atoms with Crippen LogP contribution in [-0.2, 0) is 19.3 Å². The van der Waals surface area contributed by atoms with Crippen LogP contribution in [0.4, 0.5) is 11.1 Å². The van der Waals surface area contributed by atoms with E-state index >= 15 is 0 Å². The summed E-state index contributed by atoms with van der Waals surface area (Å²) in [5.74, 6) is 0.619. The molecule has 0 amide bonds. The van der Waals surface area contributed by atoms with Crippen LogP contribution >= 0.6 is 11.3 Å². The molecular formula is C16H24N6S. The van der Waals surface area contributed by atoms with Gasteiger partial charge in [-0.15, -0.1) is 16.4 Å². The maximum absolute atomic E-state index is 4.73. The zero-order valence-electron chi connectivity index (χ0n) is 13.9. The van der Waals surface area contributed by atoms with E-state index in [2.05, 4.69) is 44.6 Å². The molecule has 1 fully saturated rings. The van der Waals surface area contributed by atoms with Crippen molar-refractivity contribution >= 4 is 22.4 Å². The van der Waals surface area contributed by atoms with Crippen molar-refractivity contribution in [1.82, 2.24) is 20.2 Å². The topological polar surface area (TPSA) is 66.8 Å². The van der Waals surface area contributed by atoms with Gasteiger partial charge in [-0.05, 0) is 25.7 Å². The molecule has 2 aromatic heterocycles. The Kier molecular flexibility index (Phi) is 5.38. The average Bonchev–Trinajstić information content (AvgIpc) is 3.26. The van der Waals surface area contributed by atoms with Crippen molar-refractivity contribution in [3.8, 4) is 0 Å². The molecule has 0 unspecified atom stereocenters. The number of aromatic nitrogens is 4. The lowest BCUT2D eigenvalue weighted by molar-refractivity contribution is 0.815. The molecule has 2 aromatic rings. The van der Waals surface area contributed by atoms with E-state index in [1.807, 2.05) is 0 Å². The Morgan fingerprint density at radius 1 is 1.09 bits per heavy atom. The molecule has 23 heavy (non-hydrogen) atoms. The molecule has 0 saturated carbocycles. The second kappa shape index (κ2) is 7.68. The van der Waals surface area contributed by atoms with Crippen LogP contribution in [0, 0.1) is 0 Å². The van der Waals surface area contributed by atoms with Crippen molar-refractivity contribution < 1.29 is 0 Å². The summed E-state index contributed by atoms with van der Waals surface area (Å²) in [6, 6.07) is 0. The Balaban J connectivity index is 1.53. The molecule has 0 bridgehead atoms. The minimum Gasteiger partial charge on any atom is -0.353 e. The third-order valence-corrected chi connectivity index (χ3v) is 5.04. The standard InChI is InChI=1S/C16H24N6S/c1-3-13-14(4-2)20-21-15(19-13)17-8-7-12-11-23-16(18-12)22-9-5-6-10-22/h11H,3-10H2,1-2H3,(H,17,19,21). The molecule has 3 rings (SSSR count).